The molecule has 0 fully saturated rings. The second-order valence-corrected chi connectivity index (χ2v) is 8.18. The molecule has 2 atom stereocenters. The third-order valence-electron chi connectivity index (χ3n) is 5.46. The smallest absolute Gasteiger partial charge is 0.332 e. The fourth-order valence-corrected chi connectivity index (χ4v) is 3.59. The Kier molecular flexibility index (Phi) is 15.4. The maximum absolute atomic E-state index is 11.4. The van der Waals surface area contributed by atoms with E-state index >= 15 is 0 Å². The summed E-state index contributed by atoms with van der Waals surface area (Å²) >= 11 is 0. The van der Waals surface area contributed by atoms with Crippen molar-refractivity contribution in [2.24, 2.45) is 0 Å². The molecule has 0 heterocycles. The molecule has 1 rings (SSSR count). The SMILES string of the molecule is CCCCCCCCCCCC(O)CCCCC(OCc1ccccc1)C(=O)O. The normalized spacial score (nSPS) is 13.3. The van der Waals surface area contributed by atoms with Gasteiger partial charge in [-0.3, -0.25) is 0 Å². The number of benzene rings is 1. The van der Waals surface area contributed by atoms with Crippen LogP contribution in [0.25, 0.3) is 0 Å². The van der Waals surface area contributed by atoms with Crippen molar-refractivity contribution >= 4 is 5.97 Å². The lowest BCUT2D eigenvalue weighted by atomic mass is 10.0. The molecule has 0 spiro atoms. The summed E-state index contributed by atoms with van der Waals surface area (Å²) in [5.41, 5.74) is 0.982. The minimum Gasteiger partial charge on any atom is -0.479 e. The van der Waals surface area contributed by atoms with Crippen molar-refractivity contribution in [1.82, 2.24) is 0 Å². The first-order chi connectivity index (χ1) is 14.1. The lowest BCUT2D eigenvalue weighted by Gasteiger charge is -2.15. The van der Waals surface area contributed by atoms with E-state index < -0.39 is 12.1 Å². The van der Waals surface area contributed by atoms with Gasteiger partial charge in [-0.15, -0.1) is 0 Å². The van der Waals surface area contributed by atoms with Gasteiger partial charge in [0.15, 0.2) is 6.10 Å². The van der Waals surface area contributed by atoms with E-state index in [0.717, 1.165) is 37.7 Å². The third-order valence-corrected chi connectivity index (χ3v) is 5.46. The molecule has 166 valence electrons. The summed E-state index contributed by atoms with van der Waals surface area (Å²) in [7, 11) is 0. The van der Waals surface area contributed by atoms with Crippen LogP contribution in [0.2, 0.25) is 0 Å². The molecule has 0 aliphatic carbocycles. The minimum atomic E-state index is -0.906. The Labute approximate surface area is 177 Å². The second-order valence-electron chi connectivity index (χ2n) is 8.18. The van der Waals surface area contributed by atoms with Crippen LogP contribution in [-0.2, 0) is 16.1 Å². The van der Waals surface area contributed by atoms with Crippen molar-refractivity contribution in [3.05, 3.63) is 35.9 Å². The number of hydrogen-bond acceptors (Lipinski definition) is 3. The van der Waals surface area contributed by atoms with Crippen LogP contribution >= 0.6 is 0 Å². The van der Waals surface area contributed by atoms with Crippen LogP contribution in [0.3, 0.4) is 0 Å². The molecule has 2 N–H and O–H groups in total. The Morgan fingerprint density at radius 2 is 1.34 bits per heavy atom. The van der Waals surface area contributed by atoms with E-state index in [-0.39, 0.29) is 6.10 Å². The molecule has 0 bridgehead atoms. The lowest BCUT2D eigenvalue weighted by Crippen LogP contribution is -2.23. The summed E-state index contributed by atoms with van der Waals surface area (Å²) in [6.45, 7) is 2.56. The maximum Gasteiger partial charge on any atom is 0.332 e. The third kappa shape index (κ3) is 14.3. The van der Waals surface area contributed by atoms with Crippen molar-refractivity contribution in [1.29, 1.82) is 0 Å². The fourth-order valence-electron chi connectivity index (χ4n) is 3.59. The highest BCUT2D eigenvalue weighted by Crippen LogP contribution is 2.15. The van der Waals surface area contributed by atoms with Gasteiger partial charge in [0.2, 0.25) is 0 Å². The fraction of sp³-hybridized carbons (Fsp3) is 0.720. The van der Waals surface area contributed by atoms with Gasteiger partial charge in [-0.1, -0.05) is 108 Å². The minimum absolute atomic E-state index is 0.256. The van der Waals surface area contributed by atoms with Gasteiger partial charge in [-0.25, -0.2) is 4.79 Å². The van der Waals surface area contributed by atoms with Gasteiger partial charge in [-0.05, 0) is 24.8 Å². The molecule has 0 radical (unpaired) electrons. The zero-order valence-electron chi connectivity index (χ0n) is 18.4. The molecular formula is C25H42O4. The summed E-state index contributed by atoms with van der Waals surface area (Å²) < 4.78 is 5.57. The van der Waals surface area contributed by atoms with Gasteiger partial charge in [-0.2, -0.15) is 0 Å². The molecule has 4 heteroatoms. The van der Waals surface area contributed by atoms with E-state index in [1.165, 1.54) is 51.4 Å². The number of carbonyl (C=O) groups is 1. The molecule has 4 nitrogen and oxygen atoms in total. The van der Waals surface area contributed by atoms with Crippen molar-refractivity contribution in [2.75, 3.05) is 0 Å². The number of hydrogen-bond donors (Lipinski definition) is 2. The average Bonchev–Trinajstić information content (AvgIpc) is 2.72. The molecule has 1 aromatic carbocycles. The van der Waals surface area contributed by atoms with Gasteiger partial charge >= 0.3 is 5.97 Å². The quantitative estimate of drug-likeness (QED) is 0.257. The summed E-state index contributed by atoms with van der Waals surface area (Å²) in [4.78, 5) is 11.4. The van der Waals surface area contributed by atoms with Gasteiger partial charge in [0.1, 0.15) is 0 Å². The first-order valence-electron chi connectivity index (χ1n) is 11.7. The highest BCUT2D eigenvalue weighted by Gasteiger charge is 2.17. The number of aliphatic hydroxyl groups is 1. The highest BCUT2D eigenvalue weighted by molar-refractivity contribution is 5.72. The Balaban J connectivity index is 2.01. The number of aliphatic carboxylic acids is 1. The molecular weight excluding hydrogens is 364 g/mol. The van der Waals surface area contributed by atoms with Crippen LogP contribution in [0, 0.1) is 0 Å². The lowest BCUT2D eigenvalue weighted by molar-refractivity contribution is -0.151. The number of aliphatic hydroxyl groups excluding tert-OH is 1. The topological polar surface area (TPSA) is 66.8 Å². The molecule has 0 aromatic heterocycles. The predicted molar refractivity (Wildman–Crippen MR) is 119 cm³/mol. The number of rotatable bonds is 19. The van der Waals surface area contributed by atoms with E-state index in [2.05, 4.69) is 6.92 Å². The Morgan fingerprint density at radius 3 is 1.93 bits per heavy atom. The van der Waals surface area contributed by atoms with Crippen LogP contribution in [0.15, 0.2) is 30.3 Å². The van der Waals surface area contributed by atoms with Crippen molar-refractivity contribution in [3.63, 3.8) is 0 Å². The molecule has 2 unspecified atom stereocenters. The van der Waals surface area contributed by atoms with Gasteiger partial charge in [0, 0.05) is 0 Å². The number of carboxylic acids is 1. The van der Waals surface area contributed by atoms with Crippen LogP contribution in [-0.4, -0.2) is 28.4 Å². The average molecular weight is 407 g/mol. The molecule has 0 amide bonds. The largest absolute Gasteiger partial charge is 0.479 e. The monoisotopic (exact) mass is 406 g/mol. The number of unbranched alkanes of at least 4 members (excludes halogenated alkanes) is 9. The molecule has 0 saturated carbocycles. The Hall–Kier alpha value is -1.39. The van der Waals surface area contributed by atoms with Gasteiger partial charge < -0.3 is 14.9 Å². The number of carboxylic acid groups (broad SMARTS) is 1. The van der Waals surface area contributed by atoms with E-state index in [9.17, 15) is 15.0 Å². The van der Waals surface area contributed by atoms with Crippen LogP contribution in [0.5, 0.6) is 0 Å². The van der Waals surface area contributed by atoms with E-state index in [1.54, 1.807) is 0 Å². The van der Waals surface area contributed by atoms with E-state index in [0.29, 0.717) is 13.0 Å². The maximum atomic E-state index is 11.4. The van der Waals surface area contributed by atoms with Crippen molar-refractivity contribution in [3.8, 4) is 0 Å². The summed E-state index contributed by atoms with van der Waals surface area (Å²) in [5.74, 6) is -0.906. The number of ether oxygens (including phenoxy) is 1. The molecule has 29 heavy (non-hydrogen) atoms. The predicted octanol–water partition coefficient (Wildman–Crippen LogP) is 6.50. The molecule has 0 saturated heterocycles. The van der Waals surface area contributed by atoms with Gasteiger partial charge in [0.05, 0.1) is 12.7 Å². The molecule has 0 aliphatic rings. The summed E-state index contributed by atoms with van der Waals surface area (Å²) in [5, 5.41) is 19.5. The van der Waals surface area contributed by atoms with Crippen LogP contribution < -0.4 is 0 Å². The van der Waals surface area contributed by atoms with Crippen molar-refractivity contribution in [2.45, 2.75) is 116 Å². The zero-order valence-corrected chi connectivity index (χ0v) is 18.4. The zero-order chi connectivity index (χ0) is 21.2. The second kappa shape index (κ2) is 17.5. The standard InChI is InChI=1S/C25H42O4/c1-2-3-4-5-6-7-8-9-13-18-23(26)19-14-15-20-24(25(27)28)29-21-22-16-11-10-12-17-22/h10-12,16-17,23-24,26H,2-9,13-15,18-21H2,1H3,(H,27,28). The highest BCUT2D eigenvalue weighted by atomic mass is 16.5. The summed E-state index contributed by atoms with van der Waals surface area (Å²) in [6.07, 6.45) is 14.3. The van der Waals surface area contributed by atoms with Crippen molar-refractivity contribution < 1.29 is 19.7 Å². The van der Waals surface area contributed by atoms with E-state index in [1.807, 2.05) is 30.3 Å². The molecule has 0 aliphatic heterocycles. The first kappa shape index (κ1) is 25.6. The van der Waals surface area contributed by atoms with Gasteiger partial charge in [0.25, 0.3) is 0 Å². The Bertz CT molecular complexity index is 503. The summed E-state index contributed by atoms with van der Waals surface area (Å²) in [6, 6.07) is 9.63. The van der Waals surface area contributed by atoms with Crippen LogP contribution in [0.4, 0.5) is 0 Å². The first-order valence-corrected chi connectivity index (χ1v) is 11.7. The van der Waals surface area contributed by atoms with E-state index in [4.69, 9.17) is 4.74 Å². The molecule has 1 aromatic rings. The van der Waals surface area contributed by atoms with Crippen LogP contribution in [0.1, 0.15) is 102 Å². The Morgan fingerprint density at radius 1 is 0.828 bits per heavy atom.